The van der Waals surface area contributed by atoms with E-state index in [1.165, 1.54) is 11.1 Å². The normalized spacial score (nSPS) is 29.1. The smallest absolute Gasteiger partial charge is 0.337 e. The molecule has 0 radical (unpaired) electrons. The Morgan fingerprint density at radius 2 is 2.11 bits per heavy atom. The molecule has 1 aromatic rings. The maximum atomic E-state index is 11.9. The highest BCUT2D eigenvalue weighted by molar-refractivity contribution is 6.04. The van der Waals surface area contributed by atoms with Crippen molar-refractivity contribution >= 4 is 11.5 Å². The SMILES string of the molecule is CO[C@]12C[C@@H](C)c3ccc(C)cc3C1=C(C)C(=O)O2. The number of fused-ring (bicyclic) bond motifs is 3. The fraction of sp³-hybridized carbons (Fsp3) is 0.438. The van der Waals surface area contributed by atoms with Gasteiger partial charge in [-0.1, -0.05) is 30.7 Å². The first-order valence-electron chi connectivity index (χ1n) is 6.59. The van der Waals surface area contributed by atoms with Crippen molar-refractivity contribution in [2.45, 2.75) is 38.9 Å². The summed E-state index contributed by atoms with van der Waals surface area (Å²) in [6.45, 7) is 6.02. The number of ether oxygens (including phenoxy) is 2. The average Bonchev–Trinajstić information content (AvgIpc) is 2.62. The van der Waals surface area contributed by atoms with Crippen molar-refractivity contribution in [3.8, 4) is 0 Å². The quantitative estimate of drug-likeness (QED) is 0.726. The molecular formula is C16H18O3. The standard InChI is InChI=1S/C16H18O3/c1-9-5-6-12-10(2)8-16(18-4)14(13(12)7-9)11(3)15(17)19-16/h5-7,10H,8H2,1-4H3/t10-,16+/m1/s1. The Balaban J connectivity index is 2.31. The van der Waals surface area contributed by atoms with Crippen LogP contribution in [0, 0.1) is 6.92 Å². The fourth-order valence-electron chi connectivity index (χ4n) is 3.27. The molecule has 0 amide bonds. The molecule has 2 aliphatic rings. The van der Waals surface area contributed by atoms with Crippen molar-refractivity contribution in [2.24, 2.45) is 0 Å². The van der Waals surface area contributed by atoms with E-state index in [0.29, 0.717) is 17.9 Å². The number of aryl methyl sites for hydroxylation is 1. The third-order valence-electron chi connectivity index (χ3n) is 4.23. The van der Waals surface area contributed by atoms with Crippen LogP contribution in [0.5, 0.6) is 0 Å². The highest BCUT2D eigenvalue weighted by atomic mass is 16.7. The largest absolute Gasteiger partial charge is 0.425 e. The molecule has 0 saturated heterocycles. The molecule has 0 fully saturated rings. The molecule has 0 N–H and O–H groups in total. The Bertz CT molecular complexity index is 600. The minimum Gasteiger partial charge on any atom is -0.425 e. The molecule has 1 aliphatic carbocycles. The molecule has 2 atom stereocenters. The molecule has 0 unspecified atom stereocenters. The van der Waals surface area contributed by atoms with Gasteiger partial charge in [-0.25, -0.2) is 4.79 Å². The minimum absolute atomic E-state index is 0.265. The van der Waals surface area contributed by atoms with Crippen molar-refractivity contribution in [1.82, 2.24) is 0 Å². The Morgan fingerprint density at radius 3 is 2.79 bits per heavy atom. The first kappa shape index (κ1) is 12.4. The van der Waals surface area contributed by atoms with Gasteiger partial charge in [0.25, 0.3) is 0 Å². The van der Waals surface area contributed by atoms with Crippen molar-refractivity contribution in [2.75, 3.05) is 7.11 Å². The maximum absolute atomic E-state index is 11.9. The average molecular weight is 258 g/mol. The first-order chi connectivity index (χ1) is 8.98. The summed E-state index contributed by atoms with van der Waals surface area (Å²) in [5.41, 5.74) is 5.13. The van der Waals surface area contributed by atoms with Crippen LogP contribution in [0.1, 0.15) is 42.9 Å². The number of rotatable bonds is 1. The molecule has 1 aliphatic heterocycles. The van der Waals surface area contributed by atoms with Gasteiger partial charge in [-0.3, -0.25) is 0 Å². The summed E-state index contributed by atoms with van der Waals surface area (Å²) in [5.74, 6) is -0.849. The second-order valence-electron chi connectivity index (χ2n) is 5.54. The predicted octanol–water partition coefficient (Wildman–Crippen LogP) is 3.18. The first-order valence-corrected chi connectivity index (χ1v) is 6.59. The Hall–Kier alpha value is -1.61. The number of esters is 1. The van der Waals surface area contributed by atoms with Crippen LogP contribution in [0.15, 0.2) is 23.8 Å². The van der Waals surface area contributed by atoms with Crippen LogP contribution < -0.4 is 0 Å². The second kappa shape index (κ2) is 3.94. The van der Waals surface area contributed by atoms with Gasteiger partial charge >= 0.3 is 5.97 Å². The molecule has 3 heteroatoms. The van der Waals surface area contributed by atoms with Crippen LogP contribution in [0.25, 0.3) is 5.57 Å². The number of carbonyl (C=O) groups is 1. The lowest BCUT2D eigenvalue weighted by Crippen LogP contribution is -2.38. The monoisotopic (exact) mass is 258 g/mol. The van der Waals surface area contributed by atoms with Gasteiger partial charge in [0, 0.05) is 24.7 Å². The van der Waals surface area contributed by atoms with E-state index in [1.807, 2.05) is 6.92 Å². The maximum Gasteiger partial charge on any atom is 0.337 e. The molecule has 3 nitrogen and oxygen atoms in total. The highest BCUT2D eigenvalue weighted by Gasteiger charge is 2.51. The van der Waals surface area contributed by atoms with E-state index < -0.39 is 5.79 Å². The van der Waals surface area contributed by atoms with Crippen LogP contribution in [-0.4, -0.2) is 18.9 Å². The molecular weight excluding hydrogens is 240 g/mol. The molecule has 19 heavy (non-hydrogen) atoms. The van der Waals surface area contributed by atoms with Gasteiger partial charge in [-0.2, -0.15) is 0 Å². The number of carbonyl (C=O) groups excluding carboxylic acids is 1. The molecule has 0 spiro atoms. The molecule has 0 aromatic heterocycles. The molecule has 1 aromatic carbocycles. The predicted molar refractivity (Wildman–Crippen MR) is 72.6 cm³/mol. The van der Waals surface area contributed by atoms with Crippen LogP contribution in [0.2, 0.25) is 0 Å². The molecule has 0 bridgehead atoms. The number of hydrogen-bond acceptors (Lipinski definition) is 3. The van der Waals surface area contributed by atoms with Crippen LogP contribution >= 0.6 is 0 Å². The lowest BCUT2D eigenvalue weighted by atomic mass is 9.76. The molecule has 3 rings (SSSR count). The Kier molecular flexibility index (Phi) is 2.58. The van der Waals surface area contributed by atoms with E-state index >= 15 is 0 Å². The van der Waals surface area contributed by atoms with E-state index in [1.54, 1.807) is 7.11 Å². The van der Waals surface area contributed by atoms with E-state index in [2.05, 4.69) is 32.0 Å². The second-order valence-corrected chi connectivity index (χ2v) is 5.54. The summed E-state index contributed by atoms with van der Waals surface area (Å²) in [6.07, 6.45) is 0.679. The van der Waals surface area contributed by atoms with E-state index in [0.717, 1.165) is 11.1 Å². The topological polar surface area (TPSA) is 35.5 Å². The summed E-state index contributed by atoms with van der Waals surface area (Å²) in [4.78, 5) is 11.9. The van der Waals surface area contributed by atoms with Gasteiger partial charge in [0.1, 0.15) is 0 Å². The fourth-order valence-corrected chi connectivity index (χ4v) is 3.27. The lowest BCUT2D eigenvalue weighted by molar-refractivity contribution is -0.189. The summed E-state index contributed by atoms with van der Waals surface area (Å²) < 4.78 is 11.2. The van der Waals surface area contributed by atoms with Gasteiger partial charge in [0.2, 0.25) is 5.79 Å². The summed E-state index contributed by atoms with van der Waals surface area (Å²) in [5, 5.41) is 0. The third-order valence-corrected chi connectivity index (χ3v) is 4.23. The summed E-state index contributed by atoms with van der Waals surface area (Å²) in [6, 6.07) is 6.39. The minimum atomic E-state index is -0.888. The zero-order valence-corrected chi connectivity index (χ0v) is 11.7. The van der Waals surface area contributed by atoms with Crippen LogP contribution in [0.4, 0.5) is 0 Å². The third kappa shape index (κ3) is 1.58. The van der Waals surface area contributed by atoms with Gasteiger partial charge in [0.15, 0.2) is 0 Å². The number of benzene rings is 1. The molecule has 100 valence electrons. The zero-order valence-electron chi connectivity index (χ0n) is 11.7. The van der Waals surface area contributed by atoms with Crippen molar-refractivity contribution < 1.29 is 14.3 Å². The Morgan fingerprint density at radius 1 is 1.37 bits per heavy atom. The summed E-state index contributed by atoms with van der Waals surface area (Å²) in [7, 11) is 1.61. The lowest BCUT2D eigenvalue weighted by Gasteiger charge is -2.37. The highest BCUT2D eigenvalue weighted by Crippen LogP contribution is 2.51. The van der Waals surface area contributed by atoms with Gasteiger partial charge < -0.3 is 9.47 Å². The van der Waals surface area contributed by atoms with Crippen LogP contribution in [0.3, 0.4) is 0 Å². The summed E-state index contributed by atoms with van der Waals surface area (Å²) >= 11 is 0. The van der Waals surface area contributed by atoms with Crippen LogP contribution in [-0.2, 0) is 14.3 Å². The number of methoxy groups -OCH3 is 1. The van der Waals surface area contributed by atoms with E-state index in [4.69, 9.17) is 9.47 Å². The van der Waals surface area contributed by atoms with Crippen molar-refractivity contribution in [3.63, 3.8) is 0 Å². The van der Waals surface area contributed by atoms with Gasteiger partial charge in [-0.15, -0.1) is 0 Å². The Labute approximate surface area is 113 Å². The van der Waals surface area contributed by atoms with E-state index in [-0.39, 0.29) is 5.97 Å². The van der Waals surface area contributed by atoms with Crippen molar-refractivity contribution in [1.29, 1.82) is 0 Å². The zero-order chi connectivity index (χ0) is 13.8. The van der Waals surface area contributed by atoms with Gasteiger partial charge in [-0.05, 0) is 30.9 Å². The van der Waals surface area contributed by atoms with Gasteiger partial charge in [0.05, 0.1) is 0 Å². The number of hydrogen-bond donors (Lipinski definition) is 0. The molecule has 1 heterocycles. The van der Waals surface area contributed by atoms with Crippen molar-refractivity contribution in [3.05, 3.63) is 40.5 Å². The molecule has 0 saturated carbocycles. The van der Waals surface area contributed by atoms with E-state index in [9.17, 15) is 4.79 Å².